The first-order valence-electron chi connectivity index (χ1n) is 7.49. The quantitative estimate of drug-likeness (QED) is 0.926. The fourth-order valence-electron chi connectivity index (χ4n) is 2.40. The third-order valence-corrected chi connectivity index (χ3v) is 3.33. The zero-order valence-electron chi connectivity index (χ0n) is 12.8. The molecule has 2 aromatic rings. The molecule has 5 heteroatoms. The van der Waals surface area contributed by atoms with Crippen LogP contribution in [-0.2, 0) is 6.54 Å². The fraction of sp³-hybridized carbons (Fsp3) is 0.294. The highest BCUT2D eigenvalue weighted by atomic mass is 19.1. The lowest BCUT2D eigenvalue weighted by atomic mass is 10.1. The minimum Gasteiger partial charge on any atom is -0.324 e. The van der Waals surface area contributed by atoms with Crippen LogP contribution in [0.5, 0.6) is 0 Å². The highest BCUT2D eigenvalue weighted by Gasteiger charge is 2.15. The first kappa shape index (κ1) is 16.1. The van der Waals surface area contributed by atoms with E-state index in [1.54, 1.807) is 6.07 Å². The summed E-state index contributed by atoms with van der Waals surface area (Å²) in [5.41, 5.74) is 6.32. The van der Waals surface area contributed by atoms with Gasteiger partial charge in [-0.3, -0.25) is 9.36 Å². The molecule has 0 spiro atoms. The lowest BCUT2D eigenvalue weighted by Gasteiger charge is -2.15. The van der Waals surface area contributed by atoms with Gasteiger partial charge in [-0.1, -0.05) is 32.1 Å². The van der Waals surface area contributed by atoms with E-state index < -0.39 is 11.4 Å². The van der Waals surface area contributed by atoms with Crippen LogP contribution in [0.15, 0.2) is 41.2 Å². The van der Waals surface area contributed by atoms with Gasteiger partial charge in [0.25, 0.3) is 5.56 Å². The molecular weight excluding hydrogens is 281 g/mol. The Labute approximate surface area is 128 Å². The third kappa shape index (κ3) is 2.85. The van der Waals surface area contributed by atoms with Crippen molar-refractivity contribution in [1.29, 1.82) is 0 Å². The van der Waals surface area contributed by atoms with Crippen LogP contribution in [0, 0.1) is 5.82 Å². The van der Waals surface area contributed by atoms with Gasteiger partial charge >= 0.3 is 0 Å². The monoisotopic (exact) mass is 301 g/mol. The molecule has 4 nitrogen and oxygen atoms in total. The Bertz CT molecular complexity index is 790. The maximum atomic E-state index is 13.9. The van der Waals surface area contributed by atoms with Gasteiger partial charge in [0.1, 0.15) is 17.0 Å². The zero-order valence-corrected chi connectivity index (χ0v) is 12.8. The summed E-state index contributed by atoms with van der Waals surface area (Å²) in [4.78, 5) is 16.9. The normalized spacial score (nSPS) is 13.5. The number of rotatable bonds is 2. The van der Waals surface area contributed by atoms with E-state index in [1.165, 1.54) is 16.7 Å². The van der Waals surface area contributed by atoms with Gasteiger partial charge in [-0.05, 0) is 31.1 Å². The number of hydrogen-bond acceptors (Lipinski definition) is 3. The summed E-state index contributed by atoms with van der Waals surface area (Å²) in [6.45, 7) is 4.12. The highest BCUT2D eigenvalue weighted by molar-refractivity contribution is 5.79. The van der Waals surface area contributed by atoms with Gasteiger partial charge in [-0.15, -0.1) is 0 Å². The Morgan fingerprint density at radius 1 is 1.32 bits per heavy atom. The molecular formula is C17H20FN3O. The van der Waals surface area contributed by atoms with Crippen LogP contribution >= 0.6 is 0 Å². The van der Waals surface area contributed by atoms with Crippen LogP contribution in [-0.4, -0.2) is 9.55 Å². The number of nitrogens with two attached hydrogens (primary N) is 1. The van der Waals surface area contributed by atoms with Crippen molar-refractivity contribution in [2.24, 2.45) is 5.73 Å². The van der Waals surface area contributed by atoms with Gasteiger partial charge in [-0.25, -0.2) is 9.37 Å². The minimum absolute atomic E-state index is 0.00423. The van der Waals surface area contributed by atoms with Crippen molar-refractivity contribution in [2.75, 3.05) is 0 Å². The Morgan fingerprint density at radius 2 is 2.09 bits per heavy atom. The van der Waals surface area contributed by atoms with Crippen molar-refractivity contribution in [1.82, 2.24) is 9.55 Å². The fourth-order valence-corrected chi connectivity index (χ4v) is 2.40. The second kappa shape index (κ2) is 7.13. The van der Waals surface area contributed by atoms with E-state index in [0.717, 1.165) is 12.8 Å². The van der Waals surface area contributed by atoms with Crippen molar-refractivity contribution in [3.63, 3.8) is 0 Å². The first-order valence-corrected chi connectivity index (χ1v) is 7.49. The first-order chi connectivity index (χ1) is 10.7. The summed E-state index contributed by atoms with van der Waals surface area (Å²) in [6.07, 6.45) is 7.55. The number of fused-ring (bicyclic) bond motifs is 1. The third-order valence-electron chi connectivity index (χ3n) is 3.33. The molecule has 0 aliphatic heterocycles. The summed E-state index contributed by atoms with van der Waals surface area (Å²) >= 11 is 0. The largest absolute Gasteiger partial charge is 0.324 e. The van der Waals surface area contributed by atoms with Crippen molar-refractivity contribution < 1.29 is 4.39 Å². The summed E-state index contributed by atoms with van der Waals surface area (Å²) in [5.74, 6) is -0.122. The van der Waals surface area contributed by atoms with Crippen molar-refractivity contribution in [2.45, 2.75) is 33.2 Å². The molecule has 22 heavy (non-hydrogen) atoms. The second-order valence-corrected chi connectivity index (χ2v) is 4.62. The number of nitrogens with zero attached hydrogens (tertiary/aromatic N) is 2. The number of benzene rings is 1. The Hall–Kier alpha value is -2.27. The van der Waals surface area contributed by atoms with Crippen molar-refractivity contribution in [3.05, 3.63) is 58.4 Å². The van der Waals surface area contributed by atoms with Crippen molar-refractivity contribution >= 4 is 16.6 Å². The van der Waals surface area contributed by atoms with E-state index in [-0.39, 0.29) is 11.9 Å². The SMILES string of the molecule is CC.NCc1nc2cccc(F)c2c(=O)n1C1=CCCC=C1. The molecule has 1 aromatic heterocycles. The number of aromatic nitrogens is 2. The molecule has 0 radical (unpaired) electrons. The predicted molar refractivity (Wildman–Crippen MR) is 87.8 cm³/mol. The topological polar surface area (TPSA) is 60.9 Å². The van der Waals surface area contributed by atoms with E-state index in [1.807, 2.05) is 32.1 Å². The standard InChI is InChI=1S/C15H14FN3O.C2H6/c16-11-7-4-8-12-14(11)15(20)19(13(9-17)18-12)10-5-2-1-3-6-10;1-2/h2,4-8H,1,3,9,17H2;1-2H3. The smallest absolute Gasteiger partial charge is 0.268 e. The highest BCUT2D eigenvalue weighted by Crippen LogP contribution is 2.18. The molecule has 1 heterocycles. The molecule has 0 atom stereocenters. The average molecular weight is 301 g/mol. The summed E-state index contributed by atoms with van der Waals surface area (Å²) < 4.78 is 15.3. The van der Waals surface area contributed by atoms with Crippen LogP contribution in [0.25, 0.3) is 16.6 Å². The molecule has 0 fully saturated rings. The average Bonchev–Trinajstić information content (AvgIpc) is 2.57. The van der Waals surface area contributed by atoms with Crippen LogP contribution in [0.3, 0.4) is 0 Å². The van der Waals surface area contributed by atoms with Gasteiger partial charge < -0.3 is 5.73 Å². The van der Waals surface area contributed by atoms with Crippen LogP contribution < -0.4 is 11.3 Å². The molecule has 116 valence electrons. The van der Waals surface area contributed by atoms with E-state index in [9.17, 15) is 9.18 Å². The van der Waals surface area contributed by atoms with Crippen LogP contribution in [0.4, 0.5) is 4.39 Å². The Balaban J connectivity index is 0.000000847. The number of allylic oxidation sites excluding steroid dienone is 4. The number of hydrogen-bond donors (Lipinski definition) is 1. The van der Waals surface area contributed by atoms with Crippen LogP contribution in [0.1, 0.15) is 32.5 Å². The maximum Gasteiger partial charge on any atom is 0.268 e. The zero-order chi connectivity index (χ0) is 16.1. The minimum atomic E-state index is -0.558. The summed E-state index contributed by atoms with van der Waals surface area (Å²) in [7, 11) is 0. The Morgan fingerprint density at radius 3 is 2.73 bits per heavy atom. The molecule has 0 bridgehead atoms. The van der Waals surface area contributed by atoms with Crippen LogP contribution in [0.2, 0.25) is 0 Å². The molecule has 0 amide bonds. The van der Waals surface area contributed by atoms with Gasteiger partial charge in [-0.2, -0.15) is 0 Å². The predicted octanol–water partition coefficient (Wildman–Crippen LogP) is 3.21. The van der Waals surface area contributed by atoms with Gasteiger partial charge in [0.05, 0.1) is 12.1 Å². The molecule has 2 N–H and O–H groups in total. The molecule has 1 aliphatic rings. The van der Waals surface area contributed by atoms with E-state index >= 15 is 0 Å². The van der Waals surface area contributed by atoms with Gasteiger partial charge in [0.15, 0.2) is 0 Å². The molecule has 1 aliphatic carbocycles. The maximum absolute atomic E-state index is 13.9. The van der Waals surface area contributed by atoms with Crippen molar-refractivity contribution in [3.8, 4) is 0 Å². The lowest BCUT2D eigenvalue weighted by molar-refractivity contribution is 0.636. The molecule has 0 saturated carbocycles. The second-order valence-electron chi connectivity index (χ2n) is 4.62. The summed E-state index contributed by atoms with van der Waals surface area (Å²) in [6, 6.07) is 4.42. The molecule has 0 unspecified atom stereocenters. The van der Waals surface area contributed by atoms with E-state index in [0.29, 0.717) is 17.0 Å². The summed E-state index contributed by atoms with van der Waals surface area (Å²) in [5, 5.41) is 0.00423. The number of halogens is 1. The van der Waals surface area contributed by atoms with E-state index in [2.05, 4.69) is 4.98 Å². The lowest BCUT2D eigenvalue weighted by Crippen LogP contribution is -2.27. The van der Waals surface area contributed by atoms with Gasteiger partial charge in [0, 0.05) is 5.70 Å². The van der Waals surface area contributed by atoms with E-state index in [4.69, 9.17) is 5.73 Å². The van der Waals surface area contributed by atoms with Gasteiger partial charge in [0.2, 0.25) is 0 Å². The Kier molecular flexibility index (Phi) is 5.22. The molecule has 3 rings (SSSR count). The molecule has 1 aromatic carbocycles. The molecule has 0 saturated heterocycles.